The monoisotopic (exact) mass is 392 g/mol. The molecule has 0 unspecified atom stereocenters. The summed E-state index contributed by atoms with van der Waals surface area (Å²) in [6.07, 6.45) is 15.5. The number of nitrogens with zero attached hydrogens (tertiary/aromatic N) is 5. The highest BCUT2D eigenvalue weighted by molar-refractivity contribution is 5.79. The highest BCUT2D eigenvalue weighted by Crippen LogP contribution is 2.38. The standard InChI is InChI=1S/C23H32N6/c1-4-6-7-12-19-17(3)26-16-27-22(19)20-15-29(28-23(20)25-5-2)21(13-14-24)18-10-8-9-11-18/h7,12,15-16,18,21H,4-6,8-11,13H2,1-3H3,(H,25,28)/b12-7-/t21-/m0/s1. The van der Waals surface area contributed by atoms with Crippen LogP contribution in [-0.2, 0) is 0 Å². The molecule has 3 rings (SSSR count). The molecule has 2 aromatic heterocycles. The number of anilines is 1. The van der Waals surface area contributed by atoms with E-state index in [2.05, 4.69) is 53.6 Å². The lowest BCUT2D eigenvalue weighted by Gasteiger charge is -2.21. The predicted molar refractivity (Wildman–Crippen MR) is 117 cm³/mol. The molecule has 2 heterocycles. The molecule has 0 bridgehead atoms. The minimum atomic E-state index is 0.121. The number of allylic oxidation sites excluding steroid dienone is 1. The Balaban J connectivity index is 2.05. The van der Waals surface area contributed by atoms with Crippen molar-refractivity contribution in [1.82, 2.24) is 19.7 Å². The van der Waals surface area contributed by atoms with Crippen molar-refractivity contribution < 1.29 is 0 Å². The molecule has 1 aliphatic rings. The van der Waals surface area contributed by atoms with E-state index in [1.807, 2.05) is 11.6 Å². The summed E-state index contributed by atoms with van der Waals surface area (Å²) in [4.78, 5) is 9.03. The minimum absolute atomic E-state index is 0.121. The second kappa shape index (κ2) is 10.2. The van der Waals surface area contributed by atoms with Crippen LogP contribution in [0.4, 0.5) is 5.82 Å². The van der Waals surface area contributed by atoms with Crippen LogP contribution >= 0.6 is 0 Å². The van der Waals surface area contributed by atoms with Crippen LogP contribution in [0.5, 0.6) is 0 Å². The number of aryl methyl sites for hydroxylation is 1. The lowest BCUT2D eigenvalue weighted by Crippen LogP contribution is -2.18. The van der Waals surface area contributed by atoms with E-state index < -0.39 is 0 Å². The Kier molecular flexibility index (Phi) is 7.40. The molecule has 1 atom stereocenters. The summed E-state index contributed by atoms with van der Waals surface area (Å²) in [5, 5.41) is 17.7. The maximum absolute atomic E-state index is 9.42. The smallest absolute Gasteiger partial charge is 0.157 e. The van der Waals surface area contributed by atoms with Crippen molar-refractivity contribution in [1.29, 1.82) is 5.26 Å². The predicted octanol–water partition coefficient (Wildman–Crippen LogP) is 5.54. The Labute approximate surface area is 174 Å². The molecule has 1 saturated carbocycles. The Morgan fingerprint density at radius 3 is 2.79 bits per heavy atom. The second-order valence-electron chi connectivity index (χ2n) is 7.79. The Morgan fingerprint density at radius 2 is 2.10 bits per heavy atom. The summed E-state index contributed by atoms with van der Waals surface area (Å²) in [7, 11) is 0. The maximum atomic E-state index is 9.42. The number of nitriles is 1. The van der Waals surface area contributed by atoms with E-state index in [0.717, 1.165) is 47.7 Å². The van der Waals surface area contributed by atoms with Gasteiger partial charge in [0.2, 0.25) is 0 Å². The van der Waals surface area contributed by atoms with Gasteiger partial charge in [0.15, 0.2) is 5.82 Å². The summed E-state index contributed by atoms with van der Waals surface area (Å²) < 4.78 is 2.02. The van der Waals surface area contributed by atoms with E-state index in [9.17, 15) is 5.26 Å². The van der Waals surface area contributed by atoms with Gasteiger partial charge in [-0.1, -0.05) is 38.3 Å². The average molecular weight is 393 g/mol. The van der Waals surface area contributed by atoms with Gasteiger partial charge in [0.05, 0.1) is 29.8 Å². The molecule has 1 fully saturated rings. The van der Waals surface area contributed by atoms with Crippen LogP contribution in [0, 0.1) is 24.2 Å². The molecule has 0 aromatic carbocycles. The summed E-state index contributed by atoms with van der Waals surface area (Å²) in [5.41, 5.74) is 3.88. The zero-order valence-corrected chi connectivity index (χ0v) is 17.9. The van der Waals surface area contributed by atoms with Crippen LogP contribution in [0.25, 0.3) is 17.3 Å². The minimum Gasteiger partial charge on any atom is -0.368 e. The molecule has 2 aromatic rings. The topological polar surface area (TPSA) is 79.4 Å². The van der Waals surface area contributed by atoms with E-state index in [0.29, 0.717) is 12.3 Å². The first-order valence-corrected chi connectivity index (χ1v) is 10.9. The molecule has 1 aliphatic carbocycles. The summed E-state index contributed by atoms with van der Waals surface area (Å²) in [6, 6.07) is 2.50. The van der Waals surface area contributed by atoms with Crippen molar-refractivity contribution in [2.45, 2.75) is 71.8 Å². The van der Waals surface area contributed by atoms with Gasteiger partial charge in [-0.2, -0.15) is 10.4 Å². The van der Waals surface area contributed by atoms with Crippen LogP contribution in [0.2, 0.25) is 0 Å². The zero-order chi connectivity index (χ0) is 20.6. The van der Waals surface area contributed by atoms with Gasteiger partial charge in [0, 0.05) is 24.0 Å². The van der Waals surface area contributed by atoms with Gasteiger partial charge in [0.1, 0.15) is 6.33 Å². The normalized spacial score (nSPS) is 15.7. The van der Waals surface area contributed by atoms with Crippen molar-refractivity contribution in [2.75, 3.05) is 11.9 Å². The first kappa shape index (κ1) is 21.0. The van der Waals surface area contributed by atoms with Gasteiger partial charge in [-0.05, 0) is 39.0 Å². The number of nitrogens with one attached hydrogen (secondary N) is 1. The fourth-order valence-corrected chi connectivity index (χ4v) is 4.21. The third kappa shape index (κ3) is 4.84. The van der Waals surface area contributed by atoms with Crippen LogP contribution < -0.4 is 5.32 Å². The third-order valence-electron chi connectivity index (χ3n) is 5.74. The zero-order valence-electron chi connectivity index (χ0n) is 17.9. The summed E-state index contributed by atoms with van der Waals surface area (Å²) >= 11 is 0. The first-order chi connectivity index (χ1) is 14.2. The van der Waals surface area contributed by atoms with E-state index in [4.69, 9.17) is 5.10 Å². The van der Waals surface area contributed by atoms with Gasteiger partial charge in [0.25, 0.3) is 0 Å². The first-order valence-electron chi connectivity index (χ1n) is 10.9. The highest BCUT2D eigenvalue weighted by Gasteiger charge is 2.28. The average Bonchev–Trinajstić information content (AvgIpc) is 3.38. The van der Waals surface area contributed by atoms with E-state index in [-0.39, 0.29) is 6.04 Å². The quantitative estimate of drug-likeness (QED) is 0.606. The number of rotatable bonds is 9. The molecule has 6 nitrogen and oxygen atoms in total. The molecular formula is C23H32N6. The van der Waals surface area contributed by atoms with E-state index in [1.165, 1.54) is 25.7 Å². The van der Waals surface area contributed by atoms with Crippen LogP contribution in [0.3, 0.4) is 0 Å². The van der Waals surface area contributed by atoms with Crippen molar-refractivity contribution >= 4 is 11.9 Å². The maximum Gasteiger partial charge on any atom is 0.157 e. The largest absolute Gasteiger partial charge is 0.368 e. The van der Waals surface area contributed by atoms with Gasteiger partial charge >= 0.3 is 0 Å². The van der Waals surface area contributed by atoms with Gasteiger partial charge in [-0.3, -0.25) is 4.68 Å². The van der Waals surface area contributed by atoms with Gasteiger partial charge in [-0.15, -0.1) is 0 Å². The Hall–Kier alpha value is -2.68. The molecule has 1 N–H and O–H groups in total. The molecule has 0 amide bonds. The van der Waals surface area contributed by atoms with Crippen LogP contribution in [0.15, 0.2) is 18.6 Å². The van der Waals surface area contributed by atoms with Crippen molar-refractivity contribution in [3.8, 4) is 17.3 Å². The second-order valence-corrected chi connectivity index (χ2v) is 7.79. The number of hydrogen-bond acceptors (Lipinski definition) is 5. The lowest BCUT2D eigenvalue weighted by molar-refractivity contribution is 0.315. The van der Waals surface area contributed by atoms with Crippen LogP contribution in [0.1, 0.15) is 76.1 Å². The van der Waals surface area contributed by atoms with Gasteiger partial charge < -0.3 is 5.32 Å². The number of aromatic nitrogens is 4. The van der Waals surface area contributed by atoms with Crippen molar-refractivity contribution in [2.24, 2.45) is 5.92 Å². The molecule has 0 saturated heterocycles. The molecule has 29 heavy (non-hydrogen) atoms. The Bertz CT molecular complexity index is 870. The van der Waals surface area contributed by atoms with Crippen LogP contribution in [-0.4, -0.2) is 26.3 Å². The molecule has 0 radical (unpaired) electrons. The SMILES string of the molecule is CCC/C=C\c1c(C)ncnc1-c1cn([C@@H](CC#N)C2CCCC2)nc1NCC. The molecular weight excluding hydrogens is 360 g/mol. The summed E-state index contributed by atoms with van der Waals surface area (Å²) in [5.74, 6) is 1.35. The van der Waals surface area contributed by atoms with E-state index in [1.54, 1.807) is 6.33 Å². The number of hydrogen-bond donors (Lipinski definition) is 1. The molecule has 0 spiro atoms. The van der Waals surface area contributed by atoms with Gasteiger partial charge in [-0.25, -0.2) is 9.97 Å². The Morgan fingerprint density at radius 1 is 1.31 bits per heavy atom. The fraction of sp³-hybridized carbons (Fsp3) is 0.565. The lowest BCUT2D eigenvalue weighted by atomic mass is 9.96. The van der Waals surface area contributed by atoms with Crippen molar-refractivity contribution in [3.05, 3.63) is 29.9 Å². The molecule has 154 valence electrons. The van der Waals surface area contributed by atoms with Crippen molar-refractivity contribution in [3.63, 3.8) is 0 Å². The highest BCUT2D eigenvalue weighted by atomic mass is 15.3. The third-order valence-corrected chi connectivity index (χ3v) is 5.74. The fourth-order valence-electron chi connectivity index (χ4n) is 4.21. The number of unbranched alkanes of at least 4 members (excludes halogenated alkanes) is 1. The molecule has 6 heteroatoms. The summed E-state index contributed by atoms with van der Waals surface area (Å²) in [6.45, 7) is 7.04. The van der Waals surface area contributed by atoms with E-state index >= 15 is 0 Å². The molecule has 0 aliphatic heterocycles.